The SMILES string of the molecule is COC(=O)c1ccc2c(C3CCCCC3)c(-c3ccccc3CNCCN(C)C)n(CC(OC)OC)c2c1. The Kier molecular flexibility index (Phi) is 9.97. The second-order valence-electron chi connectivity index (χ2n) is 10.5. The Labute approximate surface area is 227 Å². The molecule has 0 amide bonds. The molecule has 0 unspecified atom stereocenters. The zero-order chi connectivity index (χ0) is 27.1. The van der Waals surface area contributed by atoms with Gasteiger partial charge in [0, 0.05) is 50.3 Å². The van der Waals surface area contributed by atoms with Gasteiger partial charge in [0.25, 0.3) is 0 Å². The summed E-state index contributed by atoms with van der Waals surface area (Å²) < 4.78 is 18.7. The molecule has 1 heterocycles. The molecular weight excluding hydrogens is 478 g/mol. The molecule has 1 N–H and O–H groups in total. The van der Waals surface area contributed by atoms with Crippen LogP contribution in [-0.4, -0.2) is 70.2 Å². The molecule has 2 aromatic carbocycles. The molecule has 0 atom stereocenters. The van der Waals surface area contributed by atoms with Gasteiger partial charge in [-0.05, 0) is 56.1 Å². The largest absolute Gasteiger partial charge is 0.465 e. The van der Waals surface area contributed by atoms with E-state index < -0.39 is 6.29 Å². The Bertz CT molecular complexity index is 1210. The molecular formula is C31H43N3O4. The van der Waals surface area contributed by atoms with Crippen molar-refractivity contribution in [1.82, 2.24) is 14.8 Å². The fraction of sp³-hybridized carbons (Fsp3) is 0.516. The molecule has 0 bridgehead atoms. The normalized spacial score (nSPS) is 14.6. The van der Waals surface area contributed by atoms with Crippen LogP contribution in [0.3, 0.4) is 0 Å². The molecule has 1 aromatic heterocycles. The second kappa shape index (κ2) is 13.4. The van der Waals surface area contributed by atoms with Crippen molar-refractivity contribution in [1.29, 1.82) is 0 Å². The van der Waals surface area contributed by atoms with E-state index in [-0.39, 0.29) is 5.97 Å². The summed E-state index contributed by atoms with van der Waals surface area (Å²) in [5.41, 5.74) is 6.61. The number of carbonyl (C=O) groups excluding carboxylic acids is 1. The van der Waals surface area contributed by atoms with Gasteiger partial charge in [0.1, 0.15) is 0 Å². The third-order valence-corrected chi connectivity index (χ3v) is 7.72. The lowest BCUT2D eigenvalue weighted by Gasteiger charge is -2.25. The quantitative estimate of drug-likeness (QED) is 0.195. The highest BCUT2D eigenvalue weighted by Gasteiger charge is 2.29. The highest BCUT2D eigenvalue weighted by molar-refractivity contribution is 5.99. The number of esters is 1. The van der Waals surface area contributed by atoms with E-state index in [2.05, 4.69) is 59.2 Å². The summed E-state index contributed by atoms with van der Waals surface area (Å²) in [6.45, 7) is 3.19. The van der Waals surface area contributed by atoms with Crippen LogP contribution in [0.15, 0.2) is 42.5 Å². The Hall–Kier alpha value is -2.71. The van der Waals surface area contributed by atoms with Crippen LogP contribution in [0, 0.1) is 0 Å². The van der Waals surface area contributed by atoms with Gasteiger partial charge in [-0.2, -0.15) is 0 Å². The first-order valence-electron chi connectivity index (χ1n) is 13.7. The number of rotatable bonds is 12. The third kappa shape index (κ3) is 6.29. The second-order valence-corrected chi connectivity index (χ2v) is 10.5. The molecule has 1 aliphatic rings. The van der Waals surface area contributed by atoms with E-state index in [4.69, 9.17) is 14.2 Å². The predicted octanol–water partition coefficient (Wildman–Crippen LogP) is 5.41. The van der Waals surface area contributed by atoms with E-state index >= 15 is 0 Å². The van der Waals surface area contributed by atoms with Crippen molar-refractivity contribution in [3.8, 4) is 11.3 Å². The summed E-state index contributed by atoms with van der Waals surface area (Å²) >= 11 is 0. The van der Waals surface area contributed by atoms with E-state index in [1.165, 1.54) is 67.0 Å². The molecule has 3 aromatic rings. The van der Waals surface area contributed by atoms with Crippen LogP contribution in [0.1, 0.15) is 59.5 Å². The summed E-state index contributed by atoms with van der Waals surface area (Å²) in [5, 5.41) is 4.82. The van der Waals surface area contributed by atoms with Crippen molar-refractivity contribution < 1.29 is 19.0 Å². The number of benzene rings is 2. The number of aromatic nitrogens is 1. The monoisotopic (exact) mass is 521 g/mol. The van der Waals surface area contributed by atoms with E-state index in [0.29, 0.717) is 18.0 Å². The van der Waals surface area contributed by atoms with E-state index in [9.17, 15) is 4.79 Å². The smallest absolute Gasteiger partial charge is 0.337 e. The van der Waals surface area contributed by atoms with Gasteiger partial charge in [-0.15, -0.1) is 0 Å². The summed E-state index contributed by atoms with van der Waals surface area (Å²) in [4.78, 5) is 14.7. The van der Waals surface area contributed by atoms with Gasteiger partial charge in [0.15, 0.2) is 6.29 Å². The number of fused-ring (bicyclic) bond motifs is 1. The van der Waals surface area contributed by atoms with E-state index in [0.717, 1.165) is 25.2 Å². The maximum absolute atomic E-state index is 12.5. The van der Waals surface area contributed by atoms with Crippen LogP contribution >= 0.6 is 0 Å². The van der Waals surface area contributed by atoms with Gasteiger partial charge < -0.3 is 29.0 Å². The summed E-state index contributed by atoms with van der Waals surface area (Å²) in [7, 11) is 8.95. The van der Waals surface area contributed by atoms with Crippen molar-refractivity contribution >= 4 is 16.9 Å². The molecule has 206 valence electrons. The molecule has 7 heteroatoms. The molecule has 0 spiro atoms. The fourth-order valence-electron chi connectivity index (χ4n) is 5.73. The van der Waals surface area contributed by atoms with Gasteiger partial charge in [0.05, 0.1) is 24.9 Å². The van der Waals surface area contributed by atoms with Crippen LogP contribution in [0.5, 0.6) is 0 Å². The lowest BCUT2D eigenvalue weighted by atomic mass is 9.81. The van der Waals surface area contributed by atoms with Crippen LogP contribution in [-0.2, 0) is 27.3 Å². The van der Waals surface area contributed by atoms with Crippen molar-refractivity contribution in [2.45, 2.75) is 57.4 Å². The Morgan fingerprint density at radius 2 is 1.79 bits per heavy atom. The summed E-state index contributed by atoms with van der Waals surface area (Å²) in [6, 6.07) is 14.7. The van der Waals surface area contributed by atoms with E-state index in [1.54, 1.807) is 14.2 Å². The number of hydrogen-bond acceptors (Lipinski definition) is 6. The molecule has 1 fully saturated rings. The van der Waals surface area contributed by atoms with Crippen molar-refractivity contribution in [3.05, 3.63) is 59.2 Å². The van der Waals surface area contributed by atoms with Crippen molar-refractivity contribution in [3.63, 3.8) is 0 Å². The molecule has 0 aliphatic heterocycles. The summed E-state index contributed by atoms with van der Waals surface area (Å²) in [6.07, 6.45) is 5.69. The molecule has 1 saturated carbocycles. The van der Waals surface area contributed by atoms with Gasteiger partial charge in [0.2, 0.25) is 0 Å². The lowest BCUT2D eigenvalue weighted by molar-refractivity contribution is -0.110. The number of likely N-dealkylation sites (N-methyl/N-ethyl adjacent to an activating group) is 1. The number of hydrogen-bond donors (Lipinski definition) is 1. The van der Waals surface area contributed by atoms with Gasteiger partial charge in [-0.25, -0.2) is 4.79 Å². The highest BCUT2D eigenvalue weighted by Crippen LogP contribution is 2.45. The molecule has 7 nitrogen and oxygen atoms in total. The molecule has 0 radical (unpaired) electrons. The standard InChI is InChI=1S/C31H43N3O4/c1-33(2)18-17-32-20-24-13-9-10-14-25(24)30-29(22-11-7-6-8-12-22)26-16-15-23(31(35)38-5)19-27(26)34(30)21-28(36-3)37-4/h9-10,13-16,19,22,28,32H,6-8,11-12,17-18,20-21H2,1-5H3. The Morgan fingerprint density at radius 3 is 2.47 bits per heavy atom. The maximum atomic E-state index is 12.5. The van der Waals surface area contributed by atoms with Crippen molar-refractivity contribution in [2.75, 3.05) is 48.5 Å². The van der Waals surface area contributed by atoms with Gasteiger partial charge in [-0.3, -0.25) is 0 Å². The van der Waals surface area contributed by atoms with E-state index in [1.807, 2.05) is 12.1 Å². The average molecular weight is 522 g/mol. The maximum Gasteiger partial charge on any atom is 0.337 e. The molecule has 38 heavy (non-hydrogen) atoms. The van der Waals surface area contributed by atoms with Crippen LogP contribution in [0.2, 0.25) is 0 Å². The number of ether oxygens (including phenoxy) is 3. The van der Waals surface area contributed by atoms with Crippen LogP contribution in [0.4, 0.5) is 0 Å². The fourth-order valence-corrected chi connectivity index (χ4v) is 5.73. The molecule has 4 rings (SSSR count). The minimum Gasteiger partial charge on any atom is -0.465 e. The van der Waals surface area contributed by atoms with Crippen molar-refractivity contribution in [2.24, 2.45) is 0 Å². The minimum atomic E-state index is -0.421. The van der Waals surface area contributed by atoms with Gasteiger partial charge >= 0.3 is 5.97 Å². The predicted molar refractivity (Wildman–Crippen MR) is 153 cm³/mol. The van der Waals surface area contributed by atoms with Crippen LogP contribution < -0.4 is 5.32 Å². The van der Waals surface area contributed by atoms with Gasteiger partial charge in [-0.1, -0.05) is 49.6 Å². The third-order valence-electron chi connectivity index (χ3n) is 7.72. The average Bonchev–Trinajstić information content (AvgIpc) is 3.27. The minimum absolute atomic E-state index is 0.332. The number of nitrogens with zero attached hydrogens (tertiary/aromatic N) is 2. The zero-order valence-electron chi connectivity index (χ0n) is 23.6. The first-order valence-corrected chi connectivity index (χ1v) is 13.7. The number of nitrogens with one attached hydrogen (secondary N) is 1. The number of carbonyl (C=O) groups is 1. The summed E-state index contributed by atoms with van der Waals surface area (Å²) in [5.74, 6) is 0.130. The molecule has 0 saturated heterocycles. The zero-order valence-corrected chi connectivity index (χ0v) is 23.6. The highest BCUT2D eigenvalue weighted by atomic mass is 16.7. The Morgan fingerprint density at radius 1 is 1.05 bits per heavy atom. The molecule has 1 aliphatic carbocycles. The Balaban J connectivity index is 1.93. The lowest BCUT2D eigenvalue weighted by Crippen LogP contribution is -2.26. The topological polar surface area (TPSA) is 65.0 Å². The first-order chi connectivity index (χ1) is 18.5. The number of methoxy groups -OCH3 is 3. The first kappa shape index (κ1) is 28.3. The van der Waals surface area contributed by atoms with Crippen LogP contribution in [0.25, 0.3) is 22.2 Å².